The van der Waals surface area contributed by atoms with E-state index in [1.807, 2.05) is 0 Å². The molecule has 1 radical (unpaired) electrons. The van der Waals surface area contributed by atoms with Gasteiger partial charge in [0, 0.05) is 55.5 Å². The van der Waals surface area contributed by atoms with Crippen LogP contribution in [-0.4, -0.2) is 34.2 Å². The summed E-state index contributed by atoms with van der Waals surface area (Å²) >= 11 is 0. The summed E-state index contributed by atoms with van der Waals surface area (Å²) in [4.78, 5) is 9.86. The van der Waals surface area contributed by atoms with Crippen LogP contribution >= 0.6 is 0 Å². The summed E-state index contributed by atoms with van der Waals surface area (Å²) in [6.07, 6.45) is -11.7. The molecule has 0 fully saturated rings. The molecular weight excluding hydrogens is 390 g/mol. The fourth-order valence-electron chi connectivity index (χ4n) is 0.288. The predicted molar refractivity (Wildman–Crippen MR) is 35.1 cm³/mol. The molecule has 99 valence electrons. The Hall–Kier alpha value is 0.294. The zero-order valence-corrected chi connectivity index (χ0v) is 9.50. The molecule has 0 bridgehead atoms. The van der Waals surface area contributed by atoms with Gasteiger partial charge in [0.1, 0.15) is 0 Å². The Morgan fingerprint density at radius 1 is 0.938 bits per heavy atom. The number of hydrogen-bond acceptors (Lipinski definition) is 2. The van der Waals surface area contributed by atoms with E-state index < -0.39 is 30.0 Å². The van der Waals surface area contributed by atoms with Crippen LogP contribution in [0.25, 0.3) is 0 Å². The smallest absolute Gasteiger partial charge is 0.454 e. The fraction of sp³-hybridized carbons (Fsp3) is 0.400. The van der Waals surface area contributed by atoms with Crippen LogP contribution in [0.1, 0.15) is 0 Å². The zero-order chi connectivity index (χ0) is 10.9. The molecule has 0 unspecified atom stereocenters. The van der Waals surface area contributed by atoms with E-state index in [1.165, 1.54) is 0 Å². The molecule has 0 aliphatic rings. The molecule has 0 spiro atoms. The van der Waals surface area contributed by atoms with Gasteiger partial charge in [-0.2, -0.15) is 26.3 Å². The second-order valence-electron chi connectivity index (χ2n) is 1.89. The van der Waals surface area contributed by atoms with Crippen LogP contribution in [0.3, 0.4) is 0 Å². The van der Waals surface area contributed by atoms with Gasteiger partial charge in [-0.3, -0.25) is 4.79 Å². The van der Waals surface area contributed by atoms with Crippen LogP contribution in [0.2, 0.25) is 0 Å². The molecule has 16 heavy (non-hydrogen) atoms. The van der Waals surface area contributed by atoms with E-state index in [1.54, 1.807) is 0 Å². The van der Waals surface area contributed by atoms with Crippen LogP contribution in [0.5, 0.6) is 0 Å². The van der Waals surface area contributed by atoms with Gasteiger partial charge in [-0.05, 0) is 0 Å². The molecule has 5 N–H and O–H groups in total. The normalized spacial score (nSPS) is 11.8. The Kier molecular flexibility index (Phi) is 13.2. The number of rotatable bonds is 1. The fourth-order valence-corrected chi connectivity index (χ4v) is 0.288. The molecule has 0 atom stereocenters. The molecule has 0 aromatic rings. The van der Waals surface area contributed by atoms with Crippen molar-refractivity contribution in [3.63, 3.8) is 0 Å². The van der Waals surface area contributed by atoms with Crippen molar-refractivity contribution in [2.75, 3.05) is 0 Å². The number of halogens is 6. The summed E-state index contributed by atoms with van der Waals surface area (Å²) in [5.41, 5.74) is 0. The van der Waals surface area contributed by atoms with Gasteiger partial charge in [-0.1, -0.05) is 0 Å². The molecular formula is C5H6EuF6O4. The maximum atomic E-state index is 11.4. The van der Waals surface area contributed by atoms with E-state index in [9.17, 15) is 31.1 Å². The van der Waals surface area contributed by atoms with Crippen molar-refractivity contribution >= 4 is 5.78 Å². The number of carbonyl (C=O) groups is 1. The Morgan fingerprint density at radius 2 is 1.25 bits per heavy atom. The van der Waals surface area contributed by atoms with E-state index in [-0.39, 0.29) is 60.3 Å². The first-order valence-electron chi connectivity index (χ1n) is 2.64. The van der Waals surface area contributed by atoms with Crippen LogP contribution in [0, 0.1) is 49.4 Å². The SMILES string of the molecule is O.O.O=C(/C=C(\O)C(F)(F)F)C(F)(F)F.[Eu]. The summed E-state index contributed by atoms with van der Waals surface area (Å²) < 4.78 is 68.1. The molecule has 0 saturated heterocycles. The van der Waals surface area contributed by atoms with Gasteiger partial charge >= 0.3 is 12.4 Å². The molecule has 0 heterocycles. The standard InChI is InChI=1S/C5H2F6O2.Eu.2H2O/c6-4(7,8)2(12)1-3(13)5(9,10)11;;;/h1,12H;;2*1H2/b2-1-;;;. The maximum absolute atomic E-state index is 11.4. The first kappa shape index (κ1) is 25.2. The van der Waals surface area contributed by atoms with Crippen molar-refractivity contribution in [3.8, 4) is 0 Å². The van der Waals surface area contributed by atoms with Crippen molar-refractivity contribution in [1.82, 2.24) is 0 Å². The Balaban J connectivity index is -0.000000240. The molecule has 4 nitrogen and oxygen atoms in total. The second kappa shape index (κ2) is 8.39. The monoisotopic (exact) mass is 397 g/mol. The average molecular weight is 396 g/mol. The number of allylic oxidation sites excluding steroid dienone is 2. The first-order chi connectivity index (χ1) is 5.55. The van der Waals surface area contributed by atoms with Crippen LogP contribution in [-0.2, 0) is 4.79 Å². The van der Waals surface area contributed by atoms with Crippen molar-refractivity contribution < 1.29 is 96.6 Å². The van der Waals surface area contributed by atoms with Gasteiger partial charge in [-0.15, -0.1) is 0 Å². The average Bonchev–Trinajstić information content (AvgIpc) is 1.82. The topological polar surface area (TPSA) is 100 Å². The van der Waals surface area contributed by atoms with Crippen molar-refractivity contribution in [2.45, 2.75) is 12.4 Å². The number of carbonyl (C=O) groups excluding carboxylic acids is 1. The maximum Gasteiger partial charge on any atom is 0.454 e. The molecule has 0 aromatic heterocycles. The third-order valence-electron chi connectivity index (χ3n) is 0.838. The zero-order valence-electron chi connectivity index (χ0n) is 7.08. The summed E-state index contributed by atoms with van der Waals surface area (Å²) in [5.74, 6) is -5.34. The van der Waals surface area contributed by atoms with Crippen LogP contribution < -0.4 is 0 Å². The van der Waals surface area contributed by atoms with Gasteiger partial charge < -0.3 is 16.1 Å². The number of ketones is 1. The molecule has 0 aliphatic heterocycles. The van der Waals surface area contributed by atoms with Crippen molar-refractivity contribution in [1.29, 1.82) is 0 Å². The van der Waals surface area contributed by atoms with Gasteiger partial charge in [-0.25, -0.2) is 0 Å². The molecule has 0 saturated carbocycles. The van der Waals surface area contributed by atoms with Gasteiger partial charge in [0.15, 0.2) is 0 Å². The predicted octanol–water partition coefficient (Wildman–Crippen LogP) is 0.473. The Morgan fingerprint density at radius 3 is 1.44 bits per heavy atom. The van der Waals surface area contributed by atoms with E-state index in [0.717, 1.165) is 0 Å². The van der Waals surface area contributed by atoms with Crippen molar-refractivity contribution in [3.05, 3.63) is 11.8 Å². The van der Waals surface area contributed by atoms with Crippen LogP contribution in [0.15, 0.2) is 11.8 Å². The molecule has 0 amide bonds. The minimum atomic E-state index is -5.42. The van der Waals surface area contributed by atoms with Gasteiger partial charge in [0.2, 0.25) is 5.76 Å². The molecule has 0 rings (SSSR count). The van der Waals surface area contributed by atoms with Crippen molar-refractivity contribution in [2.24, 2.45) is 0 Å². The third kappa shape index (κ3) is 9.52. The largest absolute Gasteiger partial charge is 0.504 e. The first-order valence-corrected chi connectivity index (χ1v) is 2.64. The molecule has 11 heteroatoms. The number of alkyl halides is 6. The number of hydrogen-bond donors (Lipinski definition) is 1. The summed E-state index contributed by atoms with van der Waals surface area (Å²) in [5, 5.41) is 7.93. The molecule has 0 aromatic carbocycles. The summed E-state index contributed by atoms with van der Waals surface area (Å²) in [7, 11) is 0. The van der Waals surface area contributed by atoms with Crippen LogP contribution in [0.4, 0.5) is 26.3 Å². The Labute approximate surface area is 125 Å². The van der Waals surface area contributed by atoms with E-state index >= 15 is 0 Å². The quantitative estimate of drug-likeness (QED) is 0.396. The van der Waals surface area contributed by atoms with Gasteiger partial charge in [0.05, 0.1) is 0 Å². The minimum Gasteiger partial charge on any atom is -0.504 e. The third-order valence-corrected chi connectivity index (χ3v) is 0.838. The summed E-state index contributed by atoms with van der Waals surface area (Å²) in [6.45, 7) is 0. The second-order valence-corrected chi connectivity index (χ2v) is 1.89. The summed E-state index contributed by atoms with van der Waals surface area (Å²) in [6, 6.07) is 0. The Bertz CT molecular complexity index is 244. The number of aliphatic hydroxyl groups excluding tert-OH is 1. The van der Waals surface area contributed by atoms with E-state index in [2.05, 4.69) is 0 Å². The van der Waals surface area contributed by atoms with E-state index in [0.29, 0.717) is 0 Å². The van der Waals surface area contributed by atoms with Gasteiger partial charge in [0.25, 0.3) is 5.78 Å². The van der Waals surface area contributed by atoms with E-state index in [4.69, 9.17) is 5.11 Å². The number of aliphatic hydroxyl groups is 1. The minimum absolute atomic E-state index is 0. The molecule has 0 aliphatic carbocycles.